The van der Waals surface area contributed by atoms with Gasteiger partial charge in [-0.2, -0.15) is 0 Å². The highest BCUT2D eigenvalue weighted by Gasteiger charge is 2.39. The van der Waals surface area contributed by atoms with E-state index in [0.29, 0.717) is 16.3 Å². The Bertz CT molecular complexity index is 308. The van der Waals surface area contributed by atoms with E-state index < -0.39 is 0 Å². The van der Waals surface area contributed by atoms with Crippen molar-refractivity contribution < 1.29 is 0 Å². The molecule has 2 bridgehead atoms. The molecule has 0 heterocycles. The van der Waals surface area contributed by atoms with Crippen molar-refractivity contribution in [2.24, 2.45) is 11.8 Å². The molecule has 0 radical (unpaired) electrons. The molecular weight excluding hydrogens is 252 g/mol. The molecule has 17 heavy (non-hydrogen) atoms. The fraction of sp³-hybridized carbons (Fsp3) is 0.818. The third-order valence-corrected chi connectivity index (χ3v) is 4.15. The second-order valence-corrected chi connectivity index (χ2v) is 5.68. The van der Waals surface area contributed by atoms with E-state index in [-0.39, 0.29) is 0 Å². The van der Waals surface area contributed by atoms with Gasteiger partial charge in [-0.3, -0.25) is 10.9 Å². The van der Waals surface area contributed by atoms with Gasteiger partial charge in [0.25, 0.3) is 0 Å². The first-order valence-corrected chi connectivity index (χ1v) is 7.11. The first-order chi connectivity index (χ1) is 8.19. The summed E-state index contributed by atoms with van der Waals surface area (Å²) in [5.74, 6) is 1.75. The lowest BCUT2D eigenvalue weighted by Gasteiger charge is -2.24. The fourth-order valence-corrected chi connectivity index (χ4v) is 3.34. The van der Waals surface area contributed by atoms with Crippen molar-refractivity contribution in [2.45, 2.75) is 38.6 Å². The summed E-state index contributed by atoms with van der Waals surface area (Å²) in [4.78, 5) is 0. The molecule has 3 atom stereocenters. The Morgan fingerprint density at radius 3 is 2.47 bits per heavy atom. The number of nitrogens with one attached hydrogen (secondary N) is 4. The Kier molecular flexibility index (Phi) is 4.39. The highest BCUT2D eigenvalue weighted by Crippen LogP contribution is 2.44. The van der Waals surface area contributed by atoms with Gasteiger partial charge in [0.1, 0.15) is 0 Å². The maximum absolute atomic E-state index is 5.24. The number of hydrogen-bond acceptors (Lipinski definition) is 2. The zero-order valence-corrected chi connectivity index (χ0v) is 11.7. The van der Waals surface area contributed by atoms with Crippen LogP contribution >= 0.6 is 24.4 Å². The number of rotatable bonds is 2. The van der Waals surface area contributed by atoms with E-state index in [4.69, 9.17) is 24.4 Å². The van der Waals surface area contributed by atoms with Gasteiger partial charge in [0.15, 0.2) is 10.2 Å². The lowest BCUT2D eigenvalue weighted by atomic mass is 9.96. The minimum atomic E-state index is 0.559. The first kappa shape index (κ1) is 12.8. The third-order valence-electron chi connectivity index (χ3n) is 3.68. The van der Waals surface area contributed by atoms with Crippen molar-refractivity contribution in [3.63, 3.8) is 0 Å². The summed E-state index contributed by atoms with van der Waals surface area (Å²) in [7, 11) is 0. The summed E-state index contributed by atoms with van der Waals surface area (Å²) in [5.41, 5.74) is 5.79. The molecule has 96 valence electrons. The van der Waals surface area contributed by atoms with Crippen LogP contribution in [0.3, 0.4) is 0 Å². The second-order valence-electron chi connectivity index (χ2n) is 4.86. The molecule has 0 amide bonds. The molecule has 4 nitrogen and oxygen atoms in total. The van der Waals surface area contributed by atoms with Gasteiger partial charge in [-0.25, -0.2) is 0 Å². The first-order valence-electron chi connectivity index (χ1n) is 6.29. The molecule has 0 aliphatic heterocycles. The predicted molar refractivity (Wildman–Crippen MR) is 77.5 cm³/mol. The molecule has 0 saturated heterocycles. The fourth-order valence-electron chi connectivity index (χ4n) is 2.94. The maximum Gasteiger partial charge on any atom is 0.185 e. The Balaban J connectivity index is 1.66. The van der Waals surface area contributed by atoms with Crippen LogP contribution in [0.15, 0.2) is 0 Å². The second kappa shape index (κ2) is 5.82. The van der Waals surface area contributed by atoms with Crippen molar-refractivity contribution in [1.82, 2.24) is 21.5 Å². The van der Waals surface area contributed by atoms with Crippen LogP contribution in [0.5, 0.6) is 0 Å². The molecule has 0 aromatic heterocycles. The number of thiocarbonyl (C=S) groups is 2. The van der Waals surface area contributed by atoms with Crippen LogP contribution in [0.1, 0.15) is 32.6 Å². The largest absolute Gasteiger partial charge is 0.362 e. The van der Waals surface area contributed by atoms with E-state index in [1.165, 1.54) is 25.7 Å². The van der Waals surface area contributed by atoms with Crippen molar-refractivity contribution >= 4 is 34.7 Å². The normalized spacial score (nSPS) is 29.8. The summed E-state index contributed by atoms with van der Waals surface area (Å²) in [6.07, 6.45) is 5.41. The van der Waals surface area contributed by atoms with Gasteiger partial charge in [-0.15, -0.1) is 0 Å². The molecule has 0 unspecified atom stereocenters. The smallest absolute Gasteiger partial charge is 0.185 e. The lowest BCUT2D eigenvalue weighted by Crippen LogP contribution is -2.53. The highest BCUT2D eigenvalue weighted by molar-refractivity contribution is 7.80. The Morgan fingerprint density at radius 1 is 1.12 bits per heavy atom. The van der Waals surface area contributed by atoms with Gasteiger partial charge >= 0.3 is 0 Å². The van der Waals surface area contributed by atoms with E-state index in [2.05, 4.69) is 21.5 Å². The lowest BCUT2D eigenvalue weighted by molar-refractivity contribution is 0.389. The summed E-state index contributed by atoms with van der Waals surface area (Å²) >= 11 is 10.3. The standard InChI is InChI=1S/C11H20N4S2/c1-2-12-10(16)14-15-11(17)13-9-6-7-3-4-8(9)5-7/h7-9H,2-6H2,1H3,(H2,12,14,16)(H2,13,15,17)/t7-,8+,9-/m1/s1. The van der Waals surface area contributed by atoms with Crippen LogP contribution in [0.4, 0.5) is 0 Å². The van der Waals surface area contributed by atoms with Crippen LogP contribution in [-0.2, 0) is 0 Å². The quantitative estimate of drug-likeness (QED) is 0.445. The minimum Gasteiger partial charge on any atom is -0.362 e. The number of hydrazine groups is 1. The molecule has 0 aromatic rings. The minimum absolute atomic E-state index is 0.559. The Morgan fingerprint density at radius 2 is 1.88 bits per heavy atom. The van der Waals surface area contributed by atoms with Crippen molar-refractivity contribution in [1.29, 1.82) is 0 Å². The summed E-state index contributed by atoms with van der Waals surface area (Å²) < 4.78 is 0. The van der Waals surface area contributed by atoms with Gasteiger partial charge in [0.2, 0.25) is 0 Å². The average molecular weight is 272 g/mol. The maximum atomic E-state index is 5.24. The Labute approximate surface area is 113 Å². The van der Waals surface area contributed by atoms with Gasteiger partial charge in [0.05, 0.1) is 0 Å². The van der Waals surface area contributed by atoms with E-state index in [9.17, 15) is 0 Å². The SMILES string of the molecule is CCNC(=S)NNC(=S)N[C@@H]1C[C@@H]2CC[C@H]1C2. The van der Waals surface area contributed by atoms with Crippen molar-refractivity contribution in [2.75, 3.05) is 6.54 Å². The van der Waals surface area contributed by atoms with Crippen LogP contribution < -0.4 is 21.5 Å². The highest BCUT2D eigenvalue weighted by atomic mass is 32.1. The van der Waals surface area contributed by atoms with Gasteiger partial charge in [-0.1, -0.05) is 6.42 Å². The molecule has 2 aliphatic rings. The van der Waals surface area contributed by atoms with E-state index in [0.717, 1.165) is 18.4 Å². The molecule has 2 fully saturated rings. The summed E-state index contributed by atoms with van der Waals surface area (Å²) in [5, 5.41) is 7.59. The Hall–Kier alpha value is -0.620. The zero-order chi connectivity index (χ0) is 12.3. The monoisotopic (exact) mass is 272 g/mol. The van der Waals surface area contributed by atoms with Crippen molar-refractivity contribution in [3.05, 3.63) is 0 Å². The summed E-state index contributed by atoms with van der Waals surface area (Å²) in [6.45, 7) is 2.81. The van der Waals surface area contributed by atoms with E-state index in [1.54, 1.807) is 0 Å². The van der Waals surface area contributed by atoms with Crippen LogP contribution in [0, 0.1) is 11.8 Å². The third kappa shape index (κ3) is 3.42. The van der Waals surface area contributed by atoms with E-state index >= 15 is 0 Å². The molecule has 2 rings (SSSR count). The average Bonchev–Trinajstić information content (AvgIpc) is 2.88. The molecule has 6 heteroatoms. The van der Waals surface area contributed by atoms with E-state index in [1.807, 2.05) is 6.92 Å². The molecular formula is C11H20N4S2. The zero-order valence-electron chi connectivity index (χ0n) is 10.1. The summed E-state index contributed by atoms with van der Waals surface area (Å²) in [6, 6.07) is 0.559. The van der Waals surface area contributed by atoms with Crippen LogP contribution in [0.25, 0.3) is 0 Å². The molecule has 0 spiro atoms. The van der Waals surface area contributed by atoms with Gasteiger partial charge < -0.3 is 10.6 Å². The van der Waals surface area contributed by atoms with Crippen LogP contribution in [0.2, 0.25) is 0 Å². The van der Waals surface area contributed by atoms with Gasteiger partial charge in [-0.05, 0) is 62.5 Å². The van der Waals surface area contributed by atoms with Crippen LogP contribution in [-0.4, -0.2) is 22.8 Å². The van der Waals surface area contributed by atoms with Gasteiger partial charge in [0, 0.05) is 12.6 Å². The topological polar surface area (TPSA) is 48.1 Å². The molecule has 4 N–H and O–H groups in total. The number of hydrogen-bond donors (Lipinski definition) is 4. The van der Waals surface area contributed by atoms with Crippen molar-refractivity contribution in [3.8, 4) is 0 Å². The number of fused-ring (bicyclic) bond motifs is 2. The molecule has 0 aromatic carbocycles. The predicted octanol–water partition coefficient (Wildman–Crippen LogP) is 1.04. The molecule has 2 saturated carbocycles. The molecule has 2 aliphatic carbocycles.